The Hall–Kier alpha value is -0.870. The van der Waals surface area contributed by atoms with E-state index < -0.39 is 0 Å². The first-order valence-corrected chi connectivity index (χ1v) is 6.96. The van der Waals surface area contributed by atoms with Crippen LogP contribution in [-0.4, -0.2) is 23.6 Å². The Morgan fingerprint density at radius 3 is 2.88 bits per heavy atom. The van der Waals surface area contributed by atoms with E-state index >= 15 is 0 Å². The molecule has 3 nitrogen and oxygen atoms in total. The third-order valence-electron chi connectivity index (χ3n) is 2.68. The quantitative estimate of drug-likeness (QED) is 0.789. The first-order valence-electron chi connectivity index (χ1n) is 5.76. The van der Waals surface area contributed by atoms with E-state index in [1.54, 1.807) is 11.3 Å². The first-order chi connectivity index (χ1) is 8.11. The molecule has 0 N–H and O–H groups in total. The lowest BCUT2D eigenvalue weighted by molar-refractivity contribution is 0.761. The zero-order chi connectivity index (χ0) is 12.4. The molecule has 0 aliphatic carbocycles. The predicted octanol–water partition coefficient (Wildman–Crippen LogP) is 3.89. The van der Waals surface area contributed by atoms with Gasteiger partial charge in [-0.2, -0.15) is 4.98 Å². The van der Waals surface area contributed by atoms with Crippen LogP contribution in [0, 0.1) is 6.92 Å². The molecule has 2 aromatic rings. The molecule has 0 aliphatic heterocycles. The van der Waals surface area contributed by atoms with Crippen molar-refractivity contribution in [3.63, 3.8) is 0 Å². The number of hydrogen-bond donors (Lipinski definition) is 0. The molecule has 17 heavy (non-hydrogen) atoms. The van der Waals surface area contributed by atoms with Gasteiger partial charge in [-0.05, 0) is 31.0 Å². The van der Waals surface area contributed by atoms with Crippen LogP contribution in [0.4, 0.5) is 5.82 Å². The standard InChI is InChI=1S/C12H16ClN3S/c1-4-5-6-16(3)10-9-7-8(2)17-11(9)15-12(13)14-10/h7H,4-6H2,1-3H3. The third kappa shape index (κ3) is 2.69. The number of rotatable bonds is 4. The average Bonchev–Trinajstić information content (AvgIpc) is 2.64. The maximum Gasteiger partial charge on any atom is 0.225 e. The Morgan fingerprint density at radius 2 is 2.18 bits per heavy atom. The number of fused-ring (bicyclic) bond motifs is 1. The second-order valence-electron chi connectivity index (χ2n) is 4.17. The molecule has 0 aliphatic rings. The van der Waals surface area contributed by atoms with Gasteiger partial charge in [0.15, 0.2) is 0 Å². The van der Waals surface area contributed by atoms with Crippen molar-refractivity contribution in [3.05, 3.63) is 16.2 Å². The molecular formula is C12H16ClN3S. The van der Waals surface area contributed by atoms with Crippen molar-refractivity contribution in [1.29, 1.82) is 0 Å². The van der Waals surface area contributed by atoms with Crippen LogP contribution >= 0.6 is 22.9 Å². The van der Waals surface area contributed by atoms with Crippen LogP contribution in [0.5, 0.6) is 0 Å². The largest absolute Gasteiger partial charge is 0.359 e. The summed E-state index contributed by atoms with van der Waals surface area (Å²) in [5.74, 6) is 0.942. The van der Waals surface area contributed by atoms with Gasteiger partial charge < -0.3 is 4.90 Å². The minimum Gasteiger partial charge on any atom is -0.359 e. The topological polar surface area (TPSA) is 29.0 Å². The summed E-state index contributed by atoms with van der Waals surface area (Å²) in [5.41, 5.74) is 0. The molecule has 2 aromatic heterocycles. The second kappa shape index (κ2) is 5.19. The maximum atomic E-state index is 5.97. The van der Waals surface area contributed by atoms with Crippen LogP contribution in [-0.2, 0) is 0 Å². The van der Waals surface area contributed by atoms with E-state index in [-0.39, 0.29) is 0 Å². The van der Waals surface area contributed by atoms with Gasteiger partial charge in [0, 0.05) is 18.5 Å². The van der Waals surface area contributed by atoms with E-state index in [0.29, 0.717) is 5.28 Å². The lowest BCUT2D eigenvalue weighted by Gasteiger charge is -2.18. The zero-order valence-corrected chi connectivity index (χ0v) is 11.9. The van der Waals surface area contributed by atoms with E-state index in [0.717, 1.165) is 29.0 Å². The number of thiophene rings is 1. The van der Waals surface area contributed by atoms with Crippen molar-refractivity contribution < 1.29 is 0 Å². The highest BCUT2D eigenvalue weighted by atomic mass is 35.5. The number of aryl methyl sites for hydroxylation is 1. The van der Waals surface area contributed by atoms with Gasteiger partial charge in [-0.15, -0.1) is 11.3 Å². The summed E-state index contributed by atoms with van der Waals surface area (Å²) in [6, 6.07) is 2.13. The number of nitrogens with zero attached hydrogens (tertiary/aromatic N) is 3. The van der Waals surface area contributed by atoms with Crippen LogP contribution in [0.25, 0.3) is 10.2 Å². The van der Waals surface area contributed by atoms with Crippen molar-refractivity contribution in [1.82, 2.24) is 9.97 Å². The summed E-state index contributed by atoms with van der Waals surface area (Å²) in [4.78, 5) is 13.0. The summed E-state index contributed by atoms with van der Waals surface area (Å²) in [6.07, 6.45) is 2.33. The van der Waals surface area contributed by atoms with Gasteiger partial charge in [-0.25, -0.2) is 4.98 Å². The minimum absolute atomic E-state index is 0.331. The first kappa shape index (κ1) is 12.6. The zero-order valence-electron chi connectivity index (χ0n) is 10.3. The molecule has 0 radical (unpaired) electrons. The Balaban J connectivity index is 2.43. The molecule has 0 unspecified atom stereocenters. The molecule has 0 saturated carbocycles. The van der Waals surface area contributed by atoms with Crippen LogP contribution in [0.3, 0.4) is 0 Å². The van der Waals surface area contributed by atoms with Crippen LogP contribution in [0.2, 0.25) is 5.28 Å². The van der Waals surface area contributed by atoms with E-state index in [4.69, 9.17) is 11.6 Å². The van der Waals surface area contributed by atoms with Gasteiger partial charge in [-0.3, -0.25) is 0 Å². The number of anilines is 1. The second-order valence-corrected chi connectivity index (χ2v) is 5.74. The summed E-state index contributed by atoms with van der Waals surface area (Å²) in [7, 11) is 2.06. The third-order valence-corrected chi connectivity index (χ3v) is 3.79. The highest BCUT2D eigenvalue weighted by molar-refractivity contribution is 7.18. The van der Waals surface area contributed by atoms with Gasteiger partial charge in [0.2, 0.25) is 5.28 Å². The van der Waals surface area contributed by atoms with Crippen LogP contribution < -0.4 is 4.90 Å². The fourth-order valence-corrected chi connectivity index (χ4v) is 2.88. The number of hydrogen-bond acceptors (Lipinski definition) is 4. The SMILES string of the molecule is CCCCN(C)c1nc(Cl)nc2sc(C)cc12. The monoisotopic (exact) mass is 269 g/mol. The van der Waals surface area contributed by atoms with E-state index in [1.807, 2.05) is 0 Å². The molecule has 0 bridgehead atoms. The maximum absolute atomic E-state index is 5.97. The van der Waals surface area contributed by atoms with Crippen molar-refractivity contribution in [2.45, 2.75) is 26.7 Å². The molecule has 0 spiro atoms. The lowest BCUT2D eigenvalue weighted by atomic mass is 10.3. The summed E-state index contributed by atoms with van der Waals surface area (Å²) < 4.78 is 0. The van der Waals surface area contributed by atoms with Crippen molar-refractivity contribution in [3.8, 4) is 0 Å². The van der Waals surface area contributed by atoms with Crippen molar-refractivity contribution in [2.24, 2.45) is 0 Å². The van der Waals surface area contributed by atoms with E-state index in [2.05, 4.69) is 41.8 Å². The lowest BCUT2D eigenvalue weighted by Crippen LogP contribution is -2.19. The Kier molecular flexibility index (Phi) is 3.84. The van der Waals surface area contributed by atoms with Gasteiger partial charge in [0.25, 0.3) is 0 Å². The molecule has 0 atom stereocenters. The van der Waals surface area contributed by atoms with Crippen LogP contribution in [0.15, 0.2) is 6.07 Å². The number of halogens is 1. The van der Waals surface area contributed by atoms with Crippen molar-refractivity contribution >= 4 is 39.0 Å². The van der Waals surface area contributed by atoms with E-state index in [1.165, 1.54) is 11.3 Å². The number of aromatic nitrogens is 2. The molecule has 5 heteroatoms. The Morgan fingerprint density at radius 1 is 1.41 bits per heavy atom. The normalized spacial score (nSPS) is 11.1. The molecule has 0 fully saturated rings. The minimum atomic E-state index is 0.331. The van der Waals surface area contributed by atoms with Crippen LogP contribution in [0.1, 0.15) is 24.6 Å². The molecular weight excluding hydrogens is 254 g/mol. The van der Waals surface area contributed by atoms with Gasteiger partial charge in [0.05, 0.1) is 5.39 Å². The predicted molar refractivity (Wildman–Crippen MR) is 75.3 cm³/mol. The van der Waals surface area contributed by atoms with Gasteiger partial charge in [0.1, 0.15) is 10.6 Å². The summed E-state index contributed by atoms with van der Waals surface area (Å²) >= 11 is 7.63. The molecule has 2 rings (SSSR count). The highest BCUT2D eigenvalue weighted by Gasteiger charge is 2.12. The smallest absolute Gasteiger partial charge is 0.225 e. The van der Waals surface area contributed by atoms with E-state index in [9.17, 15) is 0 Å². The Bertz CT molecular complexity index is 524. The average molecular weight is 270 g/mol. The Labute approximate surface area is 110 Å². The van der Waals surface area contributed by atoms with Crippen molar-refractivity contribution in [2.75, 3.05) is 18.5 Å². The number of unbranched alkanes of at least 4 members (excludes halogenated alkanes) is 1. The fraction of sp³-hybridized carbons (Fsp3) is 0.500. The molecule has 0 aromatic carbocycles. The molecule has 0 saturated heterocycles. The van der Waals surface area contributed by atoms with Gasteiger partial charge in [-0.1, -0.05) is 13.3 Å². The summed E-state index contributed by atoms with van der Waals surface area (Å²) in [6.45, 7) is 5.26. The van der Waals surface area contributed by atoms with Gasteiger partial charge >= 0.3 is 0 Å². The molecule has 92 valence electrons. The summed E-state index contributed by atoms with van der Waals surface area (Å²) in [5, 5.41) is 1.44. The highest BCUT2D eigenvalue weighted by Crippen LogP contribution is 2.31. The molecule has 0 amide bonds. The molecule has 2 heterocycles. The fourth-order valence-electron chi connectivity index (χ4n) is 1.79.